The molecule has 0 aliphatic carbocycles. The van der Waals surface area contributed by atoms with Gasteiger partial charge in [-0.3, -0.25) is 20.4 Å². The van der Waals surface area contributed by atoms with E-state index in [1.54, 1.807) is 20.8 Å². The van der Waals surface area contributed by atoms with Gasteiger partial charge >= 0.3 is 6.09 Å². The monoisotopic (exact) mass is 355 g/mol. The van der Waals surface area contributed by atoms with Gasteiger partial charge < -0.3 is 14.8 Å². The lowest BCUT2D eigenvalue weighted by Gasteiger charge is -2.19. The van der Waals surface area contributed by atoms with Crippen LogP contribution < -0.4 is 20.9 Å². The lowest BCUT2D eigenvalue weighted by molar-refractivity contribution is -0.129. The van der Waals surface area contributed by atoms with E-state index >= 15 is 0 Å². The highest BCUT2D eigenvalue weighted by molar-refractivity contribution is 5.83. The normalized spacial score (nSPS) is 10.6. The Bertz CT molecular complexity index is 599. The second-order valence-electron chi connectivity index (χ2n) is 6.02. The summed E-state index contributed by atoms with van der Waals surface area (Å²) in [5, 5.41) is 2.42. The number of halogens is 1. The Labute approximate surface area is 145 Å². The average molecular weight is 355 g/mol. The van der Waals surface area contributed by atoms with Gasteiger partial charge in [-0.1, -0.05) is 0 Å². The molecule has 0 atom stereocenters. The van der Waals surface area contributed by atoms with E-state index in [4.69, 9.17) is 9.47 Å². The molecular weight excluding hydrogens is 333 g/mol. The first-order chi connectivity index (χ1) is 11.7. The Hall–Kier alpha value is -2.84. The van der Waals surface area contributed by atoms with Gasteiger partial charge in [-0.15, -0.1) is 0 Å². The molecule has 0 unspecified atom stereocenters. The van der Waals surface area contributed by atoms with Gasteiger partial charge in [0, 0.05) is 13.0 Å². The molecule has 8 nitrogen and oxygen atoms in total. The zero-order valence-corrected chi connectivity index (χ0v) is 14.3. The van der Waals surface area contributed by atoms with Crippen molar-refractivity contribution in [2.24, 2.45) is 0 Å². The number of alkyl carbamates (subject to hydrolysis) is 1. The van der Waals surface area contributed by atoms with Crippen LogP contribution >= 0.6 is 0 Å². The number of carbonyl (C=O) groups excluding carboxylic acids is 3. The van der Waals surface area contributed by atoms with Crippen LogP contribution in [-0.4, -0.2) is 36.7 Å². The molecule has 0 saturated carbocycles. The predicted molar refractivity (Wildman–Crippen MR) is 87.0 cm³/mol. The molecule has 0 heterocycles. The lowest BCUT2D eigenvalue weighted by atomic mass is 10.2. The minimum Gasteiger partial charge on any atom is -0.484 e. The van der Waals surface area contributed by atoms with Crippen molar-refractivity contribution >= 4 is 17.9 Å². The molecule has 0 fully saturated rings. The average Bonchev–Trinajstić information content (AvgIpc) is 2.50. The van der Waals surface area contributed by atoms with Crippen molar-refractivity contribution in [3.8, 4) is 5.75 Å². The number of hydrazine groups is 1. The van der Waals surface area contributed by atoms with Crippen LogP contribution in [0.1, 0.15) is 27.2 Å². The zero-order chi connectivity index (χ0) is 18.9. The molecule has 9 heteroatoms. The van der Waals surface area contributed by atoms with Gasteiger partial charge in [-0.2, -0.15) is 0 Å². The maximum Gasteiger partial charge on any atom is 0.407 e. The summed E-state index contributed by atoms with van der Waals surface area (Å²) >= 11 is 0. The summed E-state index contributed by atoms with van der Waals surface area (Å²) in [6, 6.07) is 5.16. The number of ether oxygens (including phenoxy) is 2. The first-order valence-electron chi connectivity index (χ1n) is 7.58. The van der Waals surface area contributed by atoms with Crippen LogP contribution in [0.15, 0.2) is 24.3 Å². The molecule has 0 aliphatic rings. The summed E-state index contributed by atoms with van der Waals surface area (Å²) in [6.45, 7) is 4.89. The van der Waals surface area contributed by atoms with Crippen molar-refractivity contribution < 1.29 is 28.2 Å². The molecule has 1 aromatic carbocycles. The number of hydrogen-bond donors (Lipinski definition) is 3. The van der Waals surface area contributed by atoms with Crippen LogP contribution in [-0.2, 0) is 14.3 Å². The predicted octanol–water partition coefficient (Wildman–Crippen LogP) is 1.27. The summed E-state index contributed by atoms with van der Waals surface area (Å²) < 4.78 is 22.8. The molecule has 0 bridgehead atoms. The van der Waals surface area contributed by atoms with E-state index in [1.165, 1.54) is 24.3 Å². The number of benzene rings is 1. The molecule has 3 N–H and O–H groups in total. The van der Waals surface area contributed by atoms with Gasteiger partial charge in [0.1, 0.15) is 17.2 Å². The fourth-order valence-electron chi connectivity index (χ4n) is 1.51. The Morgan fingerprint density at radius 3 is 2.24 bits per heavy atom. The van der Waals surface area contributed by atoms with E-state index in [1.807, 2.05) is 0 Å². The standard InChI is InChI=1S/C16H22FN3O5/c1-16(2,3)25-15(23)18-9-8-13(21)19-20-14(22)10-24-12-6-4-11(17)5-7-12/h4-7H,8-10H2,1-3H3,(H,18,23)(H,19,21)(H,20,22). The van der Waals surface area contributed by atoms with E-state index in [0.29, 0.717) is 5.75 Å². The number of amides is 3. The van der Waals surface area contributed by atoms with E-state index in [9.17, 15) is 18.8 Å². The van der Waals surface area contributed by atoms with E-state index in [-0.39, 0.29) is 19.6 Å². The first-order valence-corrected chi connectivity index (χ1v) is 7.58. The number of carbonyl (C=O) groups is 3. The first kappa shape index (κ1) is 20.2. The maximum atomic E-state index is 12.7. The Balaban J connectivity index is 2.15. The number of hydrogen-bond acceptors (Lipinski definition) is 5. The van der Waals surface area contributed by atoms with Crippen LogP contribution in [0.4, 0.5) is 9.18 Å². The maximum absolute atomic E-state index is 12.7. The Morgan fingerprint density at radius 2 is 1.64 bits per heavy atom. The highest BCUT2D eigenvalue weighted by Crippen LogP contribution is 2.10. The van der Waals surface area contributed by atoms with Gasteiger partial charge in [0.05, 0.1) is 0 Å². The van der Waals surface area contributed by atoms with Crippen molar-refractivity contribution in [1.82, 2.24) is 16.2 Å². The molecule has 0 spiro atoms. The molecule has 0 aliphatic heterocycles. The van der Waals surface area contributed by atoms with Gasteiger partial charge in [0.2, 0.25) is 5.91 Å². The van der Waals surface area contributed by atoms with Gasteiger partial charge in [0.25, 0.3) is 5.91 Å². The molecule has 138 valence electrons. The molecule has 1 rings (SSSR count). The van der Waals surface area contributed by atoms with Gasteiger partial charge in [-0.05, 0) is 45.0 Å². The van der Waals surface area contributed by atoms with Crippen LogP contribution in [0.3, 0.4) is 0 Å². The Kier molecular flexibility index (Phi) is 7.64. The van der Waals surface area contributed by atoms with Crippen LogP contribution in [0.25, 0.3) is 0 Å². The van der Waals surface area contributed by atoms with Crippen LogP contribution in [0.2, 0.25) is 0 Å². The third-order valence-corrected chi connectivity index (χ3v) is 2.55. The Morgan fingerprint density at radius 1 is 1.04 bits per heavy atom. The smallest absolute Gasteiger partial charge is 0.407 e. The molecule has 3 amide bonds. The largest absolute Gasteiger partial charge is 0.484 e. The highest BCUT2D eigenvalue weighted by Gasteiger charge is 2.15. The minimum absolute atomic E-state index is 0.0433. The van der Waals surface area contributed by atoms with Gasteiger partial charge in [0.15, 0.2) is 6.61 Å². The van der Waals surface area contributed by atoms with E-state index in [2.05, 4.69) is 16.2 Å². The van der Waals surface area contributed by atoms with Crippen molar-refractivity contribution in [3.05, 3.63) is 30.1 Å². The zero-order valence-electron chi connectivity index (χ0n) is 14.3. The molecule has 1 aromatic rings. The minimum atomic E-state index is -0.628. The summed E-state index contributed by atoms with van der Waals surface area (Å²) in [5.41, 5.74) is 3.72. The fraction of sp³-hybridized carbons (Fsp3) is 0.438. The lowest BCUT2D eigenvalue weighted by Crippen LogP contribution is -2.45. The van der Waals surface area contributed by atoms with Crippen molar-refractivity contribution in [2.75, 3.05) is 13.2 Å². The second kappa shape index (κ2) is 9.45. The molecular formula is C16H22FN3O5. The van der Waals surface area contributed by atoms with E-state index in [0.717, 1.165) is 0 Å². The molecule has 0 aromatic heterocycles. The summed E-state index contributed by atoms with van der Waals surface area (Å²) in [4.78, 5) is 34.4. The quantitative estimate of drug-likeness (QED) is 0.667. The SMILES string of the molecule is CC(C)(C)OC(=O)NCCC(=O)NNC(=O)COc1ccc(F)cc1. The van der Waals surface area contributed by atoms with Crippen molar-refractivity contribution in [1.29, 1.82) is 0 Å². The van der Waals surface area contributed by atoms with Crippen molar-refractivity contribution in [2.45, 2.75) is 32.8 Å². The highest BCUT2D eigenvalue weighted by atomic mass is 19.1. The summed E-state index contributed by atoms with van der Waals surface area (Å²) in [5.74, 6) is -1.17. The van der Waals surface area contributed by atoms with Crippen LogP contribution in [0, 0.1) is 5.82 Å². The van der Waals surface area contributed by atoms with E-state index < -0.39 is 29.3 Å². The summed E-state index contributed by atoms with van der Waals surface area (Å²) in [7, 11) is 0. The third kappa shape index (κ3) is 9.80. The second-order valence-corrected chi connectivity index (χ2v) is 6.02. The molecule has 0 saturated heterocycles. The molecule has 0 radical (unpaired) electrons. The molecule has 25 heavy (non-hydrogen) atoms. The van der Waals surface area contributed by atoms with Crippen molar-refractivity contribution in [3.63, 3.8) is 0 Å². The fourth-order valence-corrected chi connectivity index (χ4v) is 1.51. The van der Waals surface area contributed by atoms with Gasteiger partial charge in [-0.25, -0.2) is 9.18 Å². The number of nitrogens with one attached hydrogen (secondary N) is 3. The summed E-state index contributed by atoms with van der Waals surface area (Å²) in [6.07, 6.45) is -0.671. The topological polar surface area (TPSA) is 106 Å². The third-order valence-electron chi connectivity index (χ3n) is 2.55. The van der Waals surface area contributed by atoms with Crippen LogP contribution in [0.5, 0.6) is 5.75 Å². The number of rotatable bonds is 6.